The monoisotopic (exact) mass is 278 g/mol. The normalized spacial score (nSPS) is 24.1. The van der Waals surface area contributed by atoms with E-state index >= 15 is 0 Å². The van der Waals surface area contributed by atoms with Crippen LogP contribution in [-0.4, -0.2) is 47.1 Å². The number of ether oxygens (including phenoxy) is 1. The Balaban J connectivity index is 1.68. The predicted octanol–water partition coefficient (Wildman–Crippen LogP) is 1.52. The Morgan fingerprint density at radius 3 is 3.10 bits per heavy atom. The molecule has 0 aromatic carbocycles. The molecule has 108 valence electrons. The van der Waals surface area contributed by atoms with Crippen LogP contribution < -0.4 is 0 Å². The van der Waals surface area contributed by atoms with Crippen molar-refractivity contribution in [1.29, 1.82) is 0 Å². The molecule has 1 aliphatic heterocycles. The highest BCUT2D eigenvalue weighted by molar-refractivity contribution is 5.49. The number of hydrogen-bond acceptors (Lipinski definition) is 6. The molecule has 1 saturated heterocycles. The number of aromatic nitrogens is 1. The lowest BCUT2D eigenvalue weighted by molar-refractivity contribution is -0.0810. The standard InChI is InChI=1S/C14H18N2O4/c1-10-9-19-12(8-17)7-16(10)6-11-5-14(20-15-11)13-3-2-4-18-13/h2-5,10,12,17H,6-9H2,1H3. The SMILES string of the molecule is CC1COC(CO)CN1Cc1cc(-c2ccco2)on1. The van der Waals surface area contributed by atoms with Gasteiger partial charge in [0.05, 0.1) is 31.3 Å². The predicted molar refractivity (Wildman–Crippen MR) is 70.9 cm³/mol. The quantitative estimate of drug-likeness (QED) is 0.914. The molecule has 1 aliphatic rings. The molecule has 1 N–H and O–H groups in total. The van der Waals surface area contributed by atoms with Gasteiger partial charge in [-0.25, -0.2) is 0 Å². The first-order valence-corrected chi connectivity index (χ1v) is 6.72. The summed E-state index contributed by atoms with van der Waals surface area (Å²) in [5, 5.41) is 13.3. The van der Waals surface area contributed by atoms with Crippen LogP contribution in [-0.2, 0) is 11.3 Å². The zero-order chi connectivity index (χ0) is 13.9. The van der Waals surface area contributed by atoms with Gasteiger partial charge in [-0.15, -0.1) is 0 Å². The highest BCUT2D eigenvalue weighted by atomic mass is 16.5. The summed E-state index contributed by atoms with van der Waals surface area (Å²) in [6.07, 6.45) is 1.48. The third-order valence-corrected chi connectivity index (χ3v) is 3.53. The van der Waals surface area contributed by atoms with Crippen molar-refractivity contribution in [3.05, 3.63) is 30.2 Å². The molecule has 6 nitrogen and oxygen atoms in total. The van der Waals surface area contributed by atoms with Crippen LogP contribution in [0.15, 0.2) is 33.4 Å². The van der Waals surface area contributed by atoms with E-state index in [-0.39, 0.29) is 12.7 Å². The number of morpholine rings is 1. The summed E-state index contributed by atoms with van der Waals surface area (Å²) < 4.78 is 16.1. The Labute approximate surface area is 116 Å². The molecule has 0 bridgehead atoms. The van der Waals surface area contributed by atoms with E-state index in [1.165, 1.54) is 0 Å². The minimum Gasteiger partial charge on any atom is -0.461 e. The second-order valence-corrected chi connectivity index (χ2v) is 5.08. The fourth-order valence-electron chi connectivity index (χ4n) is 2.34. The Morgan fingerprint density at radius 1 is 1.45 bits per heavy atom. The first-order valence-electron chi connectivity index (χ1n) is 6.72. The molecule has 3 heterocycles. The number of aliphatic hydroxyl groups is 1. The maximum Gasteiger partial charge on any atom is 0.202 e. The van der Waals surface area contributed by atoms with Gasteiger partial charge >= 0.3 is 0 Å². The highest BCUT2D eigenvalue weighted by Gasteiger charge is 2.26. The largest absolute Gasteiger partial charge is 0.461 e. The van der Waals surface area contributed by atoms with E-state index in [2.05, 4.69) is 17.0 Å². The van der Waals surface area contributed by atoms with Crippen molar-refractivity contribution in [1.82, 2.24) is 10.1 Å². The summed E-state index contributed by atoms with van der Waals surface area (Å²) in [4.78, 5) is 2.23. The summed E-state index contributed by atoms with van der Waals surface area (Å²) in [7, 11) is 0. The molecule has 3 rings (SSSR count). The number of nitrogens with zero attached hydrogens (tertiary/aromatic N) is 2. The van der Waals surface area contributed by atoms with Gasteiger partial charge in [-0.05, 0) is 19.1 Å². The van der Waals surface area contributed by atoms with Crippen LogP contribution in [0.5, 0.6) is 0 Å². The smallest absolute Gasteiger partial charge is 0.202 e. The third kappa shape index (κ3) is 2.77. The van der Waals surface area contributed by atoms with E-state index in [4.69, 9.17) is 13.7 Å². The number of aliphatic hydroxyl groups excluding tert-OH is 1. The average molecular weight is 278 g/mol. The van der Waals surface area contributed by atoms with E-state index in [1.807, 2.05) is 18.2 Å². The molecule has 2 aromatic rings. The topological polar surface area (TPSA) is 71.9 Å². The molecule has 6 heteroatoms. The first-order chi connectivity index (χ1) is 9.76. The van der Waals surface area contributed by atoms with Crippen molar-refractivity contribution in [2.75, 3.05) is 19.8 Å². The van der Waals surface area contributed by atoms with Crippen molar-refractivity contribution >= 4 is 0 Å². The van der Waals surface area contributed by atoms with Gasteiger partial charge in [0.25, 0.3) is 0 Å². The van der Waals surface area contributed by atoms with Gasteiger partial charge in [-0.3, -0.25) is 4.90 Å². The van der Waals surface area contributed by atoms with E-state index in [0.717, 1.165) is 5.69 Å². The second kappa shape index (κ2) is 5.78. The maximum absolute atomic E-state index is 9.19. The van der Waals surface area contributed by atoms with Gasteiger partial charge in [-0.1, -0.05) is 5.16 Å². The number of hydrogen-bond donors (Lipinski definition) is 1. The Bertz CT molecular complexity index is 537. The van der Waals surface area contributed by atoms with Crippen LogP contribution in [0.3, 0.4) is 0 Å². The van der Waals surface area contributed by atoms with Crippen molar-refractivity contribution < 1.29 is 18.8 Å². The van der Waals surface area contributed by atoms with Crippen molar-refractivity contribution in [2.24, 2.45) is 0 Å². The van der Waals surface area contributed by atoms with Crippen molar-refractivity contribution in [3.8, 4) is 11.5 Å². The molecule has 0 aliphatic carbocycles. The fourth-order valence-corrected chi connectivity index (χ4v) is 2.34. The molecule has 2 atom stereocenters. The van der Waals surface area contributed by atoms with Gasteiger partial charge in [0.15, 0.2) is 5.76 Å². The van der Waals surface area contributed by atoms with E-state index < -0.39 is 0 Å². The van der Waals surface area contributed by atoms with Gasteiger partial charge in [-0.2, -0.15) is 0 Å². The lowest BCUT2D eigenvalue weighted by Gasteiger charge is -2.36. The minimum absolute atomic E-state index is 0.0414. The molecule has 0 amide bonds. The molecule has 20 heavy (non-hydrogen) atoms. The Hall–Kier alpha value is -1.63. The molecule has 2 aromatic heterocycles. The van der Waals surface area contributed by atoms with Gasteiger partial charge < -0.3 is 18.8 Å². The molecular weight excluding hydrogens is 260 g/mol. The minimum atomic E-state index is -0.123. The second-order valence-electron chi connectivity index (χ2n) is 5.08. The van der Waals surface area contributed by atoms with Crippen LogP contribution >= 0.6 is 0 Å². The van der Waals surface area contributed by atoms with Crippen molar-refractivity contribution in [2.45, 2.75) is 25.6 Å². The average Bonchev–Trinajstić information content (AvgIpc) is 3.12. The summed E-state index contributed by atoms with van der Waals surface area (Å²) >= 11 is 0. The third-order valence-electron chi connectivity index (χ3n) is 3.53. The zero-order valence-corrected chi connectivity index (χ0v) is 11.4. The van der Waals surface area contributed by atoms with Gasteiger partial charge in [0, 0.05) is 25.2 Å². The molecule has 0 saturated carbocycles. The number of furan rings is 1. The highest BCUT2D eigenvalue weighted by Crippen LogP contribution is 2.22. The molecule has 1 fully saturated rings. The first kappa shape index (κ1) is 13.4. The van der Waals surface area contributed by atoms with Crippen molar-refractivity contribution in [3.63, 3.8) is 0 Å². The van der Waals surface area contributed by atoms with Crippen LogP contribution in [0.25, 0.3) is 11.5 Å². The molecule has 2 unspecified atom stereocenters. The summed E-state index contributed by atoms with van der Waals surface area (Å²) in [6, 6.07) is 5.83. The summed E-state index contributed by atoms with van der Waals surface area (Å²) in [5.41, 5.74) is 0.849. The molecular formula is C14H18N2O4. The fraction of sp³-hybridized carbons (Fsp3) is 0.500. The van der Waals surface area contributed by atoms with E-state index in [9.17, 15) is 5.11 Å². The maximum atomic E-state index is 9.19. The summed E-state index contributed by atoms with van der Waals surface area (Å²) in [6.45, 7) is 4.13. The van der Waals surface area contributed by atoms with Gasteiger partial charge in [0.1, 0.15) is 0 Å². The van der Waals surface area contributed by atoms with Gasteiger partial charge in [0.2, 0.25) is 5.76 Å². The number of rotatable bonds is 4. The van der Waals surface area contributed by atoms with Crippen LogP contribution in [0.4, 0.5) is 0 Å². The van der Waals surface area contributed by atoms with E-state index in [0.29, 0.717) is 37.3 Å². The van der Waals surface area contributed by atoms with Crippen LogP contribution in [0.1, 0.15) is 12.6 Å². The lowest BCUT2D eigenvalue weighted by Crippen LogP contribution is -2.48. The Kier molecular flexibility index (Phi) is 3.86. The van der Waals surface area contributed by atoms with Crippen LogP contribution in [0, 0.1) is 0 Å². The van der Waals surface area contributed by atoms with E-state index in [1.54, 1.807) is 6.26 Å². The molecule has 0 radical (unpaired) electrons. The lowest BCUT2D eigenvalue weighted by atomic mass is 10.2. The molecule has 0 spiro atoms. The summed E-state index contributed by atoms with van der Waals surface area (Å²) in [5.74, 6) is 1.30. The van der Waals surface area contributed by atoms with Crippen LogP contribution in [0.2, 0.25) is 0 Å². The Morgan fingerprint density at radius 2 is 2.35 bits per heavy atom. The zero-order valence-electron chi connectivity index (χ0n) is 11.4.